The lowest BCUT2D eigenvalue weighted by atomic mass is 9.87. The Morgan fingerprint density at radius 2 is 1.92 bits per heavy atom. The molecule has 0 radical (unpaired) electrons. The van der Waals surface area contributed by atoms with Crippen LogP contribution in [0.1, 0.15) is 12.0 Å². The molecule has 0 bridgehead atoms. The quantitative estimate of drug-likeness (QED) is 0.751. The molecule has 2 aromatic carbocycles. The van der Waals surface area contributed by atoms with E-state index in [1.54, 1.807) is 7.11 Å². The number of anilines is 1. The molecule has 3 nitrogen and oxygen atoms in total. The lowest BCUT2D eigenvalue weighted by molar-refractivity contribution is 0.0364. The van der Waals surface area contributed by atoms with Gasteiger partial charge in [0.05, 0.1) is 13.7 Å². The van der Waals surface area contributed by atoms with Gasteiger partial charge in [0.25, 0.3) is 0 Å². The molecule has 0 unspecified atom stereocenters. The van der Waals surface area contributed by atoms with Crippen LogP contribution in [0.2, 0.25) is 0 Å². The Bertz CT molecular complexity index is 651. The summed E-state index contributed by atoms with van der Waals surface area (Å²) in [5.74, 6) is 1.96. The predicted octanol–water partition coefficient (Wildman–Crippen LogP) is 4.56. The van der Waals surface area contributed by atoms with Crippen molar-refractivity contribution >= 4 is 5.69 Å². The number of allylic oxidation sites excluding steroid dienone is 2. The zero-order chi connectivity index (χ0) is 17.3. The van der Waals surface area contributed by atoms with Crippen molar-refractivity contribution in [2.24, 2.45) is 11.8 Å². The lowest BCUT2D eigenvalue weighted by Crippen LogP contribution is -2.31. The van der Waals surface area contributed by atoms with Crippen LogP contribution >= 0.6 is 0 Å². The third-order valence-corrected chi connectivity index (χ3v) is 4.77. The highest BCUT2D eigenvalue weighted by Crippen LogP contribution is 2.24. The average molecular weight is 337 g/mol. The highest BCUT2D eigenvalue weighted by atomic mass is 16.5. The highest BCUT2D eigenvalue weighted by Gasteiger charge is 2.23. The molecule has 2 aromatic rings. The van der Waals surface area contributed by atoms with Gasteiger partial charge in [-0.15, -0.1) is 0 Å². The molecule has 2 atom stereocenters. The van der Waals surface area contributed by atoms with E-state index in [-0.39, 0.29) is 0 Å². The van der Waals surface area contributed by atoms with Gasteiger partial charge in [-0.2, -0.15) is 0 Å². The summed E-state index contributed by atoms with van der Waals surface area (Å²) in [6.45, 7) is 2.61. The van der Waals surface area contributed by atoms with E-state index >= 15 is 0 Å². The Morgan fingerprint density at radius 1 is 1.12 bits per heavy atom. The number of rotatable bonds is 7. The van der Waals surface area contributed by atoms with Gasteiger partial charge in [-0.3, -0.25) is 0 Å². The van der Waals surface area contributed by atoms with Crippen molar-refractivity contribution in [1.82, 2.24) is 0 Å². The van der Waals surface area contributed by atoms with Gasteiger partial charge in [-0.1, -0.05) is 42.5 Å². The fourth-order valence-corrected chi connectivity index (χ4v) is 3.23. The second-order valence-electron chi connectivity index (χ2n) is 6.51. The summed E-state index contributed by atoms with van der Waals surface area (Å²) < 4.78 is 10.9. The van der Waals surface area contributed by atoms with E-state index < -0.39 is 0 Å². The molecule has 1 N–H and O–H groups in total. The molecule has 3 rings (SSSR count). The van der Waals surface area contributed by atoms with Crippen LogP contribution in [0.15, 0.2) is 66.7 Å². The number of hydrogen-bond donors (Lipinski definition) is 1. The third kappa shape index (κ3) is 5.36. The molecule has 3 heteroatoms. The molecule has 0 aromatic heterocycles. The minimum atomic E-state index is 0.503. The van der Waals surface area contributed by atoms with Gasteiger partial charge in [0.2, 0.25) is 0 Å². The summed E-state index contributed by atoms with van der Waals surface area (Å²) in [7, 11) is 1.69. The first kappa shape index (κ1) is 17.6. The second kappa shape index (κ2) is 9.28. The number of benzene rings is 2. The summed E-state index contributed by atoms with van der Waals surface area (Å²) in [6, 6.07) is 18.7. The SMILES string of the molecule is COc1ccc(NC[C@@H]2COCC[C@H]2/C=C/Cc2ccccc2)cc1. The lowest BCUT2D eigenvalue weighted by Gasteiger charge is -2.30. The van der Waals surface area contributed by atoms with E-state index in [9.17, 15) is 0 Å². The van der Waals surface area contributed by atoms with Crippen molar-refractivity contribution < 1.29 is 9.47 Å². The van der Waals surface area contributed by atoms with Gasteiger partial charge >= 0.3 is 0 Å². The van der Waals surface area contributed by atoms with E-state index in [1.165, 1.54) is 5.56 Å². The van der Waals surface area contributed by atoms with Crippen LogP contribution in [0.25, 0.3) is 0 Å². The second-order valence-corrected chi connectivity index (χ2v) is 6.51. The highest BCUT2D eigenvalue weighted by molar-refractivity contribution is 5.46. The first-order chi connectivity index (χ1) is 12.3. The summed E-state index contributed by atoms with van der Waals surface area (Å²) in [4.78, 5) is 0. The molecule has 1 aliphatic rings. The number of nitrogens with one attached hydrogen (secondary N) is 1. The Morgan fingerprint density at radius 3 is 2.68 bits per heavy atom. The molecular weight excluding hydrogens is 310 g/mol. The van der Waals surface area contributed by atoms with Gasteiger partial charge in [-0.05, 0) is 48.6 Å². The van der Waals surface area contributed by atoms with Crippen molar-refractivity contribution in [3.63, 3.8) is 0 Å². The molecule has 1 heterocycles. The molecule has 1 fully saturated rings. The fraction of sp³-hybridized carbons (Fsp3) is 0.364. The van der Waals surface area contributed by atoms with Crippen LogP contribution in [0.4, 0.5) is 5.69 Å². The van der Waals surface area contributed by atoms with Crippen molar-refractivity contribution in [3.05, 3.63) is 72.3 Å². The van der Waals surface area contributed by atoms with Gasteiger partial charge in [0, 0.05) is 24.8 Å². The largest absolute Gasteiger partial charge is 0.497 e. The molecule has 1 aliphatic heterocycles. The number of hydrogen-bond acceptors (Lipinski definition) is 3. The van der Waals surface area contributed by atoms with E-state index in [4.69, 9.17) is 9.47 Å². The third-order valence-electron chi connectivity index (χ3n) is 4.77. The molecule has 25 heavy (non-hydrogen) atoms. The van der Waals surface area contributed by atoms with Crippen LogP contribution in [-0.2, 0) is 11.2 Å². The van der Waals surface area contributed by atoms with E-state index in [0.717, 1.165) is 44.0 Å². The summed E-state index contributed by atoms with van der Waals surface area (Å²) in [5, 5.41) is 3.53. The summed E-state index contributed by atoms with van der Waals surface area (Å²) in [5.41, 5.74) is 2.48. The molecule has 0 amide bonds. The Balaban J connectivity index is 1.53. The van der Waals surface area contributed by atoms with Gasteiger partial charge < -0.3 is 14.8 Å². The topological polar surface area (TPSA) is 30.5 Å². The van der Waals surface area contributed by atoms with E-state index in [0.29, 0.717) is 11.8 Å². The molecule has 1 saturated heterocycles. The first-order valence-electron chi connectivity index (χ1n) is 9.01. The van der Waals surface area contributed by atoms with Crippen LogP contribution in [0.3, 0.4) is 0 Å². The first-order valence-corrected chi connectivity index (χ1v) is 9.01. The molecule has 132 valence electrons. The van der Waals surface area contributed by atoms with Crippen LogP contribution in [0, 0.1) is 11.8 Å². The Hall–Kier alpha value is -2.26. The summed E-state index contributed by atoms with van der Waals surface area (Å²) >= 11 is 0. The maximum Gasteiger partial charge on any atom is 0.119 e. The Kier molecular flexibility index (Phi) is 6.52. The number of methoxy groups -OCH3 is 1. The average Bonchev–Trinajstić information content (AvgIpc) is 2.68. The van der Waals surface area contributed by atoms with Crippen molar-refractivity contribution in [2.75, 3.05) is 32.2 Å². The molecule has 0 saturated carbocycles. The van der Waals surface area contributed by atoms with Crippen molar-refractivity contribution in [3.8, 4) is 5.75 Å². The van der Waals surface area contributed by atoms with Gasteiger partial charge in [0.15, 0.2) is 0 Å². The van der Waals surface area contributed by atoms with Crippen LogP contribution < -0.4 is 10.1 Å². The van der Waals surface area contributed by atoms with Gasteiger partial charge in [0.1, 0.15) is 5.75 Å². The minimum Gasteiger partial charge on any atom is -0.497 e. The smallest absolute Gasteiger partial charge is 0.119 e. The van der Waals surface area contributed by atoms with Crippen molar-refractivity contribution in [2.45, 2.75) is 12.8 Å². The van der Waals surface area contributed by atoms with Gasteiger partial charge in [-0.25, -0.2) is 0 Å². The van der Waals surface area contributed by atoms with E-state index in [1.807, 2.05) is 12.1 Å². The maximum atomic E-state index is 5.71. The molecule has 0 aliphatic carbocycles. The normalized spacial score (nSPS) is 20.5. The minimum absolute atomic E-state index is 0.503. The van der Waals surface area contributed by atoms with E-state index in [2.05, 4.69) is 59.9 Å². The monoisotopic (exact) mass is 337 g/mol. The van der Waals surface area contributed by atoms with Crippen LogP contribution in [0.5, 0.6) is 5.75 Å². The maximum absolute atomic E-state index is 5.71. The summed E-state index contributed by atoms with van der Waals surface area (Å²) in [6.07, 6.45) is 6.79. The predicted molar refractivity (Wildman–Crippen MR) is 103 cm³/mol. The van der Waals surface area contributed by atoms with Crippen molar-refractivity contribution in [1.29, 1.82) is 0 Å². The zero-order valence-electron chi connectivity index (χ0n) is 14.9. The fourth-order valence-electron chi connectivity index (χ4n) is 3.23. The number of ether oxygens (including phenoxy) is 2. The Labute approximate surface area is 150 Å². The zero-order valence-corrected chi connectivity index (χ0v) is 14.9. The van der Waals surface area contributed by atoms with Crippen LogP contribution in [-0.4, -0.2) is 26.9 Å². The standard InChI is InChI=1S/C22H27NO2/c1-24-22-12-10-21(11-13-22)23-16-20-17-25-15-14-19(20)9-5-8-18-6-3-2-4-7-18/h2-7,9-13,19-20,23H,8,14-17H2,1H3/b9-5+/t19-,20-/m1/s1. The molecular formula is C22H27NO2. The molecule has 0 spiro atoms.